The number of carbonyl (C=O) groups is 4. The molecule has 0 bridgehead atoms. The number of hydrogen-bond acceptors (Lipinski definition) is 15. The summed E-state index contributed by atoms with van der Waals surface area (Å²) in [4.78, 5) is 72.0. The van der Waals surface area contributed by atoms with Gasteiger partial charge in [-0.15, -0.1) is 0 Å². The zero-order valence-electron chi connectivity index (χ0n) is 52.1. The first-order valence-corrected chi connectivity index (χ1v) is 35.5. The smallest absolute Gasteiger partial charge is 0.462 e. The predicted octanol–water partition coefficient (Wildman–Crippen LogP) is 16.9. The summed E-state index contributed by atoms with van der Waals surface area (Å²) in [6, 6.07) is 0. The number of phosphoric acid groups is 2. The summed E-state index contributed by atoms with van der Waals surface area (Å²) in [6.07, 6.45) is 36.2. The fourth-order valence-electron chi connectivity index (χ4n) is 9.18. The second kappa shape index (κ2) is 54.7. The van der Waals surface area contributed by atoms with Crippen LogP contribution in [0.2, 0.25) is 0 Å². The minimum atomic E-state index is -4.94. The van der Waals surface area contributed by atoms with Gasteiger partial charge in [0.1, 0.15) is 19.3 Å². The van der Waals surface area contributed by atoms with Gasteiger partial charge in [-0.25, -0.2) is 9.13 Å². The first-order valence-electron chi connectivity index (χ1n) is 32.5. The van der Waals surface area contributed by atoms with E-state index in [1.165, 1.54) is 116 Å². The van der Waals surface area contributed by atoms with Gasteiger partial charge in [-0.2, -0.15) is 0 Å². The normalized spacial score (nSPS) is 14.4. The number of phosphoric ester groups is 2. The zero-order valence-corrected chi connectivity index (χ0v) is 53.9. The van der Waals surface area contributed by atoms with Crippen molar-refractivity contribution in [1.29, 1.82) is 0 Å². The highest BCUT2D eigenvalue weighted by atomic mass is 31.2. The third kappa shape index (κ3) is 56.9. The SMILES string of the molecule is CCCCCCCCCCCC(=O)O[C@H](COC(=O)CCCCCCCCCC)COP(=O)(O)OC[C@H](O)COP(=O)(O)OC[C@@H](COC(=O)CCCCCCCCCCC(C)C)OC(=O)CCCCCCCCCCCCC(C)C. The van der Waals surface area contributed by atoms with Gasteiger partial charge >= 0.3 is 39.5 Å². The van der Waals surface area contributed by atoms with E-state index in [0.717, 1.165) is 108 Å². The lowest BCUT2D eigenvalue weighted by Gasteiger charge is -2.21. The standard InChI is InChI=1S/C62H120O17P2/c1-7-9-11-13-15-19-28-34-40-46-61(66)78-57(50-72-59(64)44-38-32-26-16-14-12-10-8-2)52-76-80(68,69)74-48-56(63)49-75-81(70,71)77-53-58(51-73-60(65)45-39-33-27-23-22-25-31-37-43-55(5)6)79-62(67)47-41-35-29-21-18-17-20-24-30-36-42-54(3)4/h54-58,63H,7-53H2,1-6H3,(H,68,69)(H,70,71)/t56-,57+,58+/m0/s1. The van der Waals surface area contributed by atoms with Crippen LogP contribution >= 0.6 is 15.6 Å². The molecule has 3 N–H and O–H groups in total. The molecular weight excluding hydrogens is 1080 g/mol. The maximum Gasteiger partial charge on any atom is 0.472 e. The Morgan fingerprint density at radius 3 is 0.840 bits per heavy atom. The van der Waals surface area contributed by atoms with Crippen molar-refractivity contribution in [3.63, 3.8) is 0 Å². The van der Waals surface area contributed by atoms with E-state index in [1.54, 1.807) is 0 Å². The van der Waals surface area contributed by atoms with Gasteiger partial charge in [0, 0.05) is 25.7 Å². The van der Waals surface area contributed by atoms with E-state index >= 15 is 0 Å². The lowest BCUT2D eigenvalue weighted by Crippen LogP contribution is -2.30. The molecule has 480 valence electrons. The van der Waals surface area contributed by atoms with Crippen LogP contribution in [0.25, 0.3) is 0 Å². The summed E-state index contributed by atoms with van der Waals surface area (Å²) in [5.41, 5.74) is 0. The van der Waals surface area contributed by atoms with Crippen molar-refractivity contribution in [3.8, 4) is 0 Å². The highest BCUT2D eigenvalue weighted by molar-refractivity contribution is 7.47. The molecule has 2 unspecified atom stereocenters. The molecule has 0 heterocycles. The van der Waals surface area contributed by atoms with Crippen molar-refractivity contribution in [1.82, 2.24) is 0 Å². The molecule has 5 atom stereocenters. The average molecular weight is 1200 g/mol. The van der Waals surface area contributed by atoms with E-state index in [1.807, 2.05) is 0 Å². The molecule has 0 fully saturated rings. The summed E-state index contributed by atoms with van der Waals surface area (Å²) in [7, 11) is -9.88. The second-order valence-corrected chi connectivity index (χ2v) is 26.3. The number of unbranched alkanes of at least 4 members (excludes halogenated alkanes) is 31. The van der Waals surface area contributed by atoms with Crippen LogP contribution in [0.3, 0.4) is 0 Å². The van der Waals surface area contributed by atoms with Crippen molar-refractivity contribution >= 4 is 39.5 Å². The third-order valence-electron chi connectivity index (χ3n) is 14.2. The van der Waals surface area contributed by atoms with Gasteiger partial charge in [0.15, 0.2) is 12.2 Å². The molecule has 0 saturated heterocycles. The van der Waals surface area contributed by atoms with Gasteiger partial charge in [-0.1, -0.05) is 253 Å². The van der Waals surface area contributed by atoms with E-state index in [2.05, 4.69) is 41.5 Å². The van der Waals surface area contributed by atoms with Gasteiger partial charge in [0.05, 0.1) is 26.4 Å². The topological polar surface area (TPSA) is 237 Å². The quantitative estimate of drug-likeness (QED) is 0.0222. The summed E-state index contributed by atoms with van der Waals surface area (Å²) in [5.74, 6) is -0.662. The Morgan fingerprint density at radius 1 is 0.333 bits per heavy atom. The number of ether oxygens (including phenoxy) is 4. The molecular formula is C62H120O17P2. The second-order valence-electron chi connectivity index (χ2n) is 23.4. The monoisotopic (exact) mass is 1200 g/mol. The Bertz CT molecular complexity index is 1600. The number of hydrogen-bond donors (Lipinski definition) is 3. The van der Waals surface area contributed by atoms with Gasteiger partial charge in [-0.05, 0) is 37.5 Å². The lowest BCUT2D eigenvalue weighted by atomic mass is 10.0. The van der Waals surface area contributed by atoms with Crippen LogP contribution in [0.5, 0.6) is 0 Å². The van der Waals surface area contributed by atoms with Crippen molar-refractivity contribution < 1.29 is 80.2 Å². The summed E-state index contributed by atoms with van der Waals surface area (Å²) >= 11 is 0. The third-order valence-corrected chi connectivity index (χ3v) is 16.1. The number of esters is 4. The van der Waals surface area contributed by atoms with E-state index in [0.29, 0.717) is 25.7 Å². The number of carbonyl (C=O) groups excluding carboxylic acids is 4. The molecule has 0 saturated carbocycles. The van der Waals surface area contributed by atoms with Crippen LogP contribution < -0.4 is 0 Å². The van der Waals surface area contributed by atoms with Gasteiger partial charge < -0.3 is 33.8 Å². The average Bonchev–Trinajstić information content (AvgIpc) is 3.42. The highest BCUT2D eigenvalue weighted by Gasteiger charge is 2.30. The molecule has 0 aliphatic heterocycles. The van der Waals surface area contributed by atoms with Crippen LogP contribution in [0.1, 0.15) is 305 Å². The minimum absolute atomic E-state index is 0.105. The Balaban J connectivity index is 5.23. The number of aliphatic hydroxyl groups excluding tert-OH is 1. The largest absolute Gasteiger partial charge is 0.472 e. The van der Waals surface area contributed by atoms with E-state index < -0.39 is 97.5 Å². The van der Waals surface area contributed by atoms with Crippen molar-refractivity contribution in [2.24, 2.45) is 11.8 Å². The number of aliphatic hydroxyl groups is 1. The molecule has 0 aliphatic rings. The van der Waals surface area contributed by atoms with E-state index in [9.17, 15) is 43.2 Å². The molecule has 0 aromatic heterocycles. The first-order chi connectivity index (χ1) is 38.9. The molecule has 81 heavy (non-hydrogen) atoms. The summed E-state index contributed by atoms with van der Waals surface area (Å²) in [6.45, 7) is 9.39. The van der Waals surface area contributed by atoms with Crippen LogP contribution in [0, 0.1) is 11.8 Å². The zero-order chi connectivity index (χ0) is 60.1. The van der Waals surface area contributed by atoms with Crippen molar-refractivity contribution in [2.45, 2.75) is 323 Å². The fraction of sp³-hybridized carbons (Fsp3) is 0.935. The number of rotatable bonds is 61. The predicted molar refractivity (Wildman–Crippen MR) is 321 cm³/mol. The molecule has 17 nitrogen and oxygen atoms in total. The summed E-state index contributed by atoms with van der Waals surface area (Å²) in [5, 5.41) is 10.5. The Labute approximate surface area is 492 Å². The lowest BCUT2D eigenvalue weighted by molar-refractivity contribution is -0.161. The maximum atomic E-state index is 13.0. The fourth-order valence-corrected chi connectivity index (χ4v) is 10.8. The van der Waals surface area contributed by atoms with Gasteiger partial charge in [0.2, 0.25) is 0 Å². The van der Waals surface area contributed by atoms with Gasteiger partial charge in [0.25, 0.3) is 0 Å². The molecule has 0 rings (SSSR count). The highest BCUT2D eigenvalue weighted by Crippen LogP contribution is 2.45. The van der Waals surface area contributed by atoms with Gasteiger partial charge in [-0.3, -0.25) is 37.3 Å². The molecule has 0 radical (unpaired) electrons. The molecule has 0 amide bonds. The Morgan fingerprint density at radius 2 is 0.568 bits per heavy atom. The van der Waals surface area contributed by atoms with Crippen LogP contribution in [0.4, 0.5) is 0 Å². The van der Waals surface area contributed by atoms with Crippen molar-refractivity contribution in [2.75, 3.05) is 39.6 Å². The van der Waals surface area contributed by atoms with Crippen LogP contribution in [-0.4, -0.2) is 96.7 Å². The minimum Gasteiger partial charge on any atom is -0.462 e. The maximum absolute atomic E-state index is 13.0. The van der Waals surface area contributed by atoms with E-state index in [4.69, 9.17) is 37.0 Å². The molecule has 0 aromatic rings. The molecule has 19 heteroatoms. The molecule has 0 spiro atoms. The molecule has 0 aliphatic carbocycles. The van der Waals surface area contributed by atoms with Crippen LogP contribution in [-0.2, 0) is 65.4 Å². The van der Waals surface area contributed by atoms with Crippen LogP contribution in [0.15, 0.2) is 0 Å². The molecule has 0 aromatic carbocycles. The Kier molecular flexibility index (Phi) is 53.4. The first kappa shape index (κ1) is 79.1. The van der Waals surface area contributed by atoms with E-state index in [-0.39, 0.29) is 25.7 Å². The Hall–Kier alpha value is -1.94. The van der Waals surface area contributed by atoms with Crippen molar-refractivity contribution in [3.05, 3.63) is 0 Å². The summed E-state index contributed by atoms with van der Waals surface area (Å²) < 4.78 is 67.8.